The summed E-state index contributed by atoms with van der Waals surface area (Å²) in [6.07, 6.45) is 3.20. The molecule has 17 nitrogen and oxygen atoms in total. The number of alkyl carbamates (subject to hydrolysis) is 1. The fraction of sp³-hybridized carbons (Fsp3) is 0.393. The third kappa shape index (κ3) is 14.0. The predicted molar refractivity (Wildman–Crippen MR) is 290 cm³/mol. The van der Waals surface area contributed by atoms with Gasteiger partial charge < -0.3 is 29.0 Å². The number of para-hydroxylation sites is 1. The molecule has 0 radical (unpaired) electrons. The highest BCUT2D eigenvalue weighted by Gasteiger charge is 2.35. The zero-order valence-corrected chi connectivity index (χ0v) is 45.6. The van der Waals surface area contributed by atoms with Crippen molar-refractivity contribution in [1.29, 1.82) is 0 Å². The molecule has 0 bridgehead atoms. The van der Waals surface area contributed by atoms with Gasteiger partial charge in [0.05, 0.1) is 48.5 Å². The highest BCUT2D eigenvalue weighted by Crippen LogP contribution is 2.44. The lowest BCUT2D eigenvalue weighted by atomic mass is 9.82. The maximum absolute atomic E-state index is 16.4. The summed E-state index contributed by atoms with van der Waals surface area (Å²) < 4.78 is 62.5. The minimum atomic E-state index is -4.51. The number of aryl methyl sites for hydroxylation is 1. The van der Waals surface area contributed by atoms with Gasteiger partial charge in [0, 0.05) is 24.7 Å². The molecule has 8 rings (SSSR count). The largest absolute Gasteiger partial charge is 0.497 e. The zero-order valence-electron chi connectivity index (χ0n) is 44.0. The number of fused-ring (bicyclic) bond motifs is 1. The van der Waals surface area contributed by atoms with E-state index in [4.69, 9.17) is 33.8 Å². The number of methoxy groups -OCH3 is 3. The van der Waals surface area contributed by atoms with E-state index < -0.39 is 33.4 Å². The Labute approximate surface area is 443 Å². The average molecular weight is 1060 g/mol. The van der Waals surface area contributed by atoms with Crippen molar-refractivity contribution in [2.75, 3.05) is 26.6 Å². The molecular weight excluding hydrogens is 993 g/mol. The SMILES string of the molecule is COc1ccc(CN(Cc2ccc(OC)cc2)S(=O)(=O)c2c(CCC3CCC(NC(=O)OC(C)(C)C)CC3)ccc(-c3cccc4sc(NC(=O)OC(C)(C)C)nc34)c2-c2nnn(Cc3ccc(OC)cc3)n2)cc1. The molecule has 1 saturated carbocycles. The highest BCUT2D eigenvalue weighted by molar-refractivity contribution is 7.89. The number of sulfonamides is 1. The molecule has 0 aliphatic heterocycles. The molecule has 0 atom stereocenters. The zero-order chi connectivity index (χ0) is 53.5. The van der Waals surface area contributed by atoms with Gasteiger partial charge in [0.25, 0.3) is 0 Å². The number of anilines is 1. The Hall–Kier alpha value is -7.09. The van der Waals surface area contributed by atoms with Crippen LogP contribution in [0.4, 0.5) is 14.7 Å². The molecule has 1 aliphatic carbocycles. The van der Waals surface area contributed by atoms with E-state index in [-0.39, 0.29) is 47.9 Å². The van der Waals surface area contributed by atoms with Crippen LogP contribution in [0.3, 0.4) is 0 Å². The molecule has 7 aromatic rings. The first kappa shape index (κ1) is 54.2. The first-order chi connectivity index (χ1) is 35.8. The van der Waals surface area contributed by atoms with Crippen molar-refractivity contribution >= 4 is 48.9 Å². The number of tetrazole rings is 1. The van der Waals surface area contributed by atoms with Crippen LogP contribution in [0.2, 0.25) is 0 Å². The highest BCUT2D eigenvalue weighted by atomic mass is 32.2. The summed E-state index contributed by atoms with van der Waals surface area (Å²) in [5, 5.41) is 20.3. The molecule has 0 spiro atoms. The van der Waals surface area contributed by atoms with Gasteiger partial charge in [-0.15, -0.1) is 10.2 Å². The van der Waals surface area contributed by atoms with Gasteiger partial charge >= 0.3 is 12.2 Å². The van der Waals surface area contributed by atoms with E-state index in [0.29, 0.717) is 57.4 Å². The molecule has 1 aliphatic rings. The molecule has 0 unspecified atom stereocenters. The number of hydrogen-bond acceptors (Lipinski definition) is 14. The van der Waals surface area contributed by atoms with Gasteiger partial charge in [0.15, 0.2) is 5.13 Å². The van der Waals surface area contributed by atoms with Crippen LogP contribution in [0.5, 0.6) is 17.2 Å². The first-order valence-corrected chi connectivity index (χ1v) is 27.3. The maximum Gasteiger partial charge on any atom is 0.413 e. The van der Waals surface area contributed by atoms with E-state index in [1.165, 1.54) is 20.4 Å². The fourth-order valence-electron chi connectivity index (χ4n) is 9.13. The van der Waals surface area contributed by atoms with E-state index in [9.17, 15) is 9.59 Å². The van der Waals surface area contributed by atoms with Crippen LogP contribution in [0.25, 0.3) is 32.7 Å². The summed E-state index contributed by atoms with van der Waals surface area (Å²) in [5.74, 6) is 2.32. The van der Waals surface area contributed by atoms with E-state index in [2.05, 4.69) is 20.9 Å². The van der Waals surface area contributed by atoms with Crippen LogP contribution < -0.4 is 24.8 Å². The minimum absolute atomic E-state index is 0.00901. The van der Waals surface area contributed by atoms with Crippen molar-refractivity contribution in [2.45, 2.75) is 122 Å². The number of nitrogens with one attached hydrogen (secondary N) is 2. The normalized spacial score (nSPS) is 15.1. The Kier molecular flexibility index (Phi) is 16.8. The summed E-state index contributed by atoms with van der Waals surface area (Å²) >= 11 is 1.27. The smallest absolute Gasteiger partial charge is 0.413 e. The first-order valence-electron chi connectivity index (χ1n) is 25.0. The molecular formula is C56H66N8O9S2. The minimum Gasteiger partial charge on any atom is -0.497 e. The molecule has 2 amide bonds. The Bertz CT molecular complexity index is 3140. The molecule has 1 fully saturated rings. The number of rotatable bonds is 18. The number of carbonyl (C=O) groups is 2. The number of aromatic nitrogens is 5. The maximum atomic E-state index is 16.4. The number of hydrogen-bond donors (Lipinski definition) is 2. The van der Waals surface area contributed by atoms with Crippen LogP contribution in [0.1, 0.15) is 95.9 Å². The standard InChI is InChI=1S/C56H66N8O9S2/c1-55(2,3)72-53(65)57-41-24-14-36(15-25-41)13-22-40-23-32-45(46-11-10-12-47-49(46)58-52(74-47)59-54(66)73-56(4,5)6)48(51-60-62-64(61-51)35-39-20-30-44(71-9)31-21-39)50(40)75(67,68)63(33-37-16-26-42(69-7)27-17-37)34-38-18-28-43(70-8)29-19-38/h10-12,16-21,23,26-32,36,41H,13-15,22,24-25,33-35H2,1-9H3,(H,57,65)(H,58,59,66). The van der Waals surface area contributed by atoms with Crippen molar-refractivity contribution in [1.82, 2.24) is 34.8 Å². The number of ether oxygens (including phenoxy) is 5. The predicted octanol–water partition coefficient (Wildman–Crippen LogP) is 11.4. The topological polar surface area (TPSA) is 198 Å². The van der Waals surface area contributed by atoms with Gasteiger partial charge in [-0.3, -0.25) is 5.32 Å². The molecule has 5 aromatic carbocycles. The molecule has 396 valence electrons. The Balaban J connectivity index is 1.28. The Morgan fingerprint density at radius 3 is 1.83 bits per heavy atom. The average Bonchev–Trinajstić information content (AvgIpc) is 4.02. The number of thiazole rings is 1. The van der Waals surface area contributed by atoms with Gasteiger partial charge in [-0.2, -0.15) is 9.10 Å². The van der Waals surface area contributed by atoms with Gasteiger partial charge in [0.2, 0.25) is 15.8 Å². The van der Waals surface area contributed by atoms with E-state index in [1.54, 1.807) is 42.1 Å². The lowest BCUT2D eigenvalue weighted by Crippen LogP contribution is -2.41. The fourth-order valence-corrected chi connectivity index (χ4v) is 11.9. The van der Waals surface area contributed by atoms with E-state index in [1.807, 2.05) is 124 Å². The van der Waals surface area contributed by atoms with Gasteiger partial charge in [-0.1, -0.05) is 72.0 Å². The monoisotopic (exact) mass is 1060 g/mol. The molecule has 0 saturated heterocycles. The van der Waals surface area contributed by atoms with Crippen molar-refractivity contribution in [2.24, 2.45) is 5.92 Å². The number of amides is 2. The lowest BCUT2D eigenvalue weighted by molar-refractivity contribution is 0.0486. The molecule has 2 aromatic heterocycles. The third-order valence-corrected chi connectivity index (χ3v) is 15.6. The third-order valence-electron chi connectivity index (χ3n) is 12.7. The lowest BCUT2D eigenvalue weighted by Gasteiger charge is -2.30. The molecule has 2 N–H and O–H groups in total. The quantitative estimate of drug-likeness (QED) is 0.0824. The summed E-state index contributed by atoms with van der Waals surface area (Å²) in [5.41, 5.74) is 3.48. The molecule has 2 heterocycles. The second-order valence-electron chi connectivity index (χ2n) is 20.6. The Morgan fingerprint density at radius 1 is 0.707 bits per heavy atom. The second-order valence-corrected chi connectivity index (χ2v) is 23.5. The number of benzene rings is 5. The molecule has 19 heteroatoms. The van der Waals surface area contributed by atoms with Crippen molar-refractivity contribution in [3.8, 4) is 39.8 Å². The van der Waals surface area contributed by atoms with E-state index in [0.717, 1.165) is 47.1 Å². The summed E-state index contributed by atoms with van der Waals surface area (Å²) in [7, 11) is 0.269. The summed E-state index contributed by atoms with van der Waals surface area (Å²) in [4.78, 5) is 32.1. The van der Waals surface area contributed by atoms with Crippen molar-refractivity contribution in [3.05, 3.63) is 125 Å². The van der Waals surface area contributed by atoms with Crippen LogP contribution in [-0.4, -0.2) is 88.7 Å². The number of nitrogens with zero attached hydrogens (tertiary/aromatic N) is 6. The van der Waals surface area contributed by atoms with Crippen LogP contribution in [0.15, 0.2) is 108 Å². The summed E-state index contributed by atoms with van der Waals surface area (Å²) in [6.45, 7) is 11.1. The second kappa shape index (κ2) is 23.2. The van der Waals surface area contributed by atoms with Crippen molar-refractivity contribution < 1.29 is 41.7 Å². The van der Waals surface area contributed by atoms with Crippen LogP contribution in [-0.2, 0) is 45.6 Å². The van der Waals surface area contributed by atoms with Crippen LogP contribution >= 0.6 is 11.3 Å². The summed E-state index contributed by atoms with van der Waals surface area (Å²) in [6, 6.07) is 31.7. The molecule has 75 heavy (non-hydrogen) atoms. The van der Waals surface area contributed by atoms with E-state index >= 15 is 8.42 Å². The van der Waals surface area contributed by atoms with Crippen LogP contribution in [0, 0.1) is 5.92 Å². The van der Waals surface area contributed by atoms with Gasteiger partial charge in [0.1, 0.15) is 28.5 Å². The number of carbonyl (C=O) groups excluding carboxylic acids is 2. The van der Waals surface area contributed by atoms with Gasteiger partial charge in [-0.05, 0) is 161 Å². The van der Waals surface area contributed by atoms with Crippen molar-refractivity contribution in [3.63, 3.8) is 0 Å². The van der Waals surface area contributed by atoms with Gasteiger partial charge in [-0.25, -0.2) is 23.0 Å². The Morgan fingerprint density at radius 2 is 1.27 bits per heavy atom.